The van der Waals surface area contributed by atoms with Crippen LogP contribution in [0.5, 0.6) is 11.5 Å². The van der Waals surface area contributed by atoms with Gasteiger partial charge >= 0.3 is 0 Å². The van der Waals surface area contributed by atoms with Crippen LogP contribution in [0.3, 0.4) is 0 Å². The van der Waals surface area contributed by atoms with E-state index >= 15 is 0 Å². The third-order valence-corrected chi connectivity index (χ3v) is 7.84. The van der Waals surface area contributed by atoms with E-state index in [1.165, 1.54) is 32.6 Å². The van der Waals surface area contributed by atoms with Gasteiger partial charge < -0.3 is 19.3 Å². The van der Waals surface area contributed by atoms with Gasteiger partial charge in [0, 0.05) is 30.4 Å². The standard InChI is InChI=1S/C27H33N7O6S/c1-16-10-20(14-28-11-16)26-31-32-27(34(26)23-21(38-5)8-7-9-22(23)39-6)33-41(36,37)19(4)24(40-15-18(3)35)25-29-12-17(2)13-30-25/h7-14,18-19,24,35H,15H2,1-6H3,(H,32,33)/t18-,19-,24-/m1/s1. The largest absolute Gasteiger partial charge is 0.494 e. The molecule has 13 nitrogen and oxygen atoms in total. The number of pyridine rings is 1. The predicted molar refractivity (Wildman–Crippen MR) is 152 cm³/mol. The minimum Gasteiger partial charge on any atom is -0.494 e. The molecule has 0 aliphatic heterocycles. The van der Waals surface area contributed by atoms with Crippen molar-refractivity contribution in [1.82, 2.24) is 29.7 Å². The van der Waals surface area contributed by atoms with Crippen LogP contribution in [0.4, 0.5) is 5.95 Å². The summed E-state index contributed by atoms with van der Waals surface area (Å²) in [4.78, 5) is 12.8. The highest BCUT2D eigenvalue weighted by molar-refractivity contribution is 7.93. The highest BCUT2D eigenvalue weighted by atomic mass is 32.2. The van der Waals surface area contributed by atoms with Crippen molar-refractivity contribution >= 4 is 16.0 Å². The number of ether oxygens (including phenoxy) is 3. The molecule has 1 aromatic carbocycles. The van der Waals surface area contributed by atoms with Crippen LogP contribution >= 0.6 is 0 Å². The summed E-state index contributed by atoms with van der Waals surface area (Å²) in [5.41, 5.74) is 2.65. The first-order chi connectivity index (χ1) is 19.6. The molecule has 3 atom stereocenters. The van der Waals surface area contributed by atoms with E-state index in [4.69, 9.17) is 14.2 Å². The van der Waals surface area contributed by atoms with E-state index in [9.17, 15) is 13.5 Å². The lowest BCUT2D eigenvalue weighted by Gasteiger charge is -2.24. The van der Waals surface area contributed by atoms with E-state index in [1.807, 2.05) is 19.9 Å². The lowest BCUT2D eigenvalue weighted by molar-refractivity contribution is -0.00765. The highest BCUT2D eigenvalue weighted by Gasteiger charge is 2.36. The van der Waals surface area contributed by atoms with Gasteiger partial charge in [0.1, 0.15) is 28.5 Å². The first kappa shape index (κ1) is 29.8. The molecular weight excluding hydrogens is 550 g/mol. The van der Waals surface area contributed by atoms with Gasteiger partial charge in [-0.2, -0.15) is 0 Å². The Morgan fingerprint density at radius 2 is 1.63 bits per heavy atom. The molecule has 3 heterocycles. The molecule has 0 spiro atoms. The summed E-state index contributed by atoms with van der Waals surface area (Å²) in [6.45, 7) is 6.58. The molecule has 0 unspecified atom stereocenters. The van der Waals surface area contributed by atoms with Crippen molar-refractivity contribution in [2.24, 2.45) is 0 Å². The number of para-hydroxylation sites is 1. The van der Waals surface area contributed by atoms with Crippen molar-refractivity contribution in [3.63, 3.8) is 0 Å². The van der Waals surface area contributed by atoms with E-state index in [0.29, 0.717) is 28.6 Å². The molecule has 0 aliphatic carbocycles. The maximum atomic E-state index is 13.9. The maximum Gasteiger partial charge on any atom is 0.243 e. The second-order valence-electron chi connectivity index (χ2n) is 9.52. The monoisotopic (exact) mass is 583 g/mol. The van der Waals surface area contributed by atoms with Gasteiger partial charge in [-0.25, -0.2) is 18.4 Å². The molecule has 2 N–H and O–H groups in total. The number of aliphatic hydroxyl groups is 1. The SMILES string of the molecule is COc1cccc(OC)c1-n1c(NS(=O)(=O)[C@H](C)[C@@H](OC[C@@H](C)O)c2ncc(C)cn2)nnc1-c1cncc(C)c1. The molecule has 41 heavy (non-hydrogen) atoms. The normalized spacial score (nSPS) is 13.8. The molecule has 0 saturated carbocycles. The number of sulfonamides is 1. The summed E-state index contributed by atoms with van der Waals surface area (Å²) in [5, 5.41) is 17.1. The lowest BCUT2D eigenvalue weighted by Crippen LogP contribution is -2.35. The Labute approximate surface area is 238 Å². The van der Waals surface area contributed by atoms with E-state index < -0.39 is 27.5 Å². The molecule has 218 valence electrons. The van der Waals surface area contributed by atoms with Crippen molar-refractivity contribution in [3.8, 4) is 28.6 Å². The molecule has 0 bridgehead atoms. The number of nitrogens with zero attached hydrogens (tertiary/aromatic N) is 6. The number of hydrogen-bond donors (Lipinski definition) is 2. The Morgan fingerprint density at radius 3 is 2.22 bits per heavy atom. The van der Waals surface area contributed by atoms with Crippen LogP contribution in [0.25, 0.3) is 17.1 Å². The van der Waals surface area contributed by atoms with Crippen LogP contribution in [0.15, 0.2) is 49.1 Å². The van der Waals surface area contributed by atoms with Crippen molar-refractivity contribution in [2.45, 2.75) is 45.2 Å². The highest BCUT2D eigenvalue weighted by Crippen LogP contribution is 2.38. The topological polar surface area (TPSA) is 163 Å². The summed E-state index contributed by atoms with van der Waals surface area (Å²) in [5.74, 6) is 1.14. The second kappa shape index (κ2) is 12.6. The van der Waals surface area contributed by atoms with Crippen LogP contribution in [0.2, 0.25) is 0 Å². The minimum atomic E-state index is -4.22. The number of aliphatic hydroxyl groups excluding tert-OH is 1. The van der Waals surface area contributed by atoms with Crippen molar-refractivity contribution in [1.29, 1.82) is 0 Å². The third-order valence-electron chi connectivity index (χ3n) is 6.14. The molecule has 0 fully saturated rings. The number of aryl methyl sites for hydroxylation is 2. The molecule has 0 radical (unpaired) electrons. The quantitative estimate of drug-likeness (QED) is 0.252. The molecule has 4 rings (SSSR count). The second-order valence-corrected chi connectivity index (χ2v) is 11.6. The smallest absolute Gasteiger partial charge is 0.243 e. The van der Waals surface area contributed by atoms with E-state index in [-0.39, 0.29) is 18.4 Å². The predicted octanol–water partition coefficient (Wildman–Crippen LogP) is 3.02. The Kier molecular flexibility index (Phi) is 9.15. The Morgan fingerprint density at radius 1 is 0.976 bits per heavy atom. The minimum absolute atomic E-state index is 0.116. The van der Waals surface area contributed by atoms with Gasteiger partial charge in [-0.05, 0) is 57.0 Å². The number of rotatable bonds is 12. The fourth-order valence-corrected chi connectivity index (χ4v) is 5.17. The third kappa shape index (κ3) is 6.61. The molecule has 4 aromatic rings. The van der Waals surface area contributed by atoms with Crippen LogP contribution in [-0.4, -0.2) is 75.4 Å². The Bertz CT molecular complexity index is 1570. The fourth-order valence-electron chi connectivity index (χ4n) is 4.07. The molecule has 3 aromatic heterocycles. The maximum absolute atomic E-state index is 13.9. The zero-order valence-corrected chi connectivity index (χ0v) is 24.5. The van der Waals surface area contributed by atoms with Gasteiger partial charge in [0.05, 0.1) is 26.9 Å². The van der Waals surface area contributed by atoms with E-state index in [0.717, 1.165) is 11.1 Å². The molecule has 0 aliphatic rings. The van der Waals surface area contributed by atoms with E-state index in [2.05, 4.69) is 29.9 Å². The van der Waals surface area contributed by atoms with Gasteiger partial charge in [-0.1, -0.05) is 6.07 Å². The van der Waals surface area contributed by atoms with Crippen molar-refractivity contribution < 1.29 is 27.7 Å². The lowest BCUT2D eigenvalue weighted by atomic mass is 10.2. The van der Waals surface area contributed by atoms with Gasteiger partial charge in [-0.15, -0.1) is 10.2 Å². The van der Waals surface area contributed by atoms with E-state index in [1.54, 1.807) is 43.0 Å². The number of nitrogens with one attached hydrogen (secondary N) is 1. The average molecular weight is 584 g/mol. The van der Waals surface area contributed by atoms with Gasteiger partial charge in [0.15, 0.2) is 11.6 Å². The zero-order valence-electron chi connectivity index (χ0n) is 23.6. The van der Waals surface area contributed by atoms with Gasteiger partial charge in [0.25, 0.3) is 0 Å². The first-order valence-electron chi connectivity index (χ1n) is 12.7. The van der Waals surface area contributed by atoms with Crippen LogP contribution in [0, 0.1) is 13.8 Å². The van der Waals surface area contributed by atoms with Crippen LogP contribution in [-0.2, 0) is 14.8 Å². The van der Waals surface area contributed by atoms with Crippen LogP contribution < -0.4 is 14.2 Å². The van der Waals surface area contributed by atoms with Crippen molar-refractivity contribution in [2.75, 3.05) is 25.5 Å². The summed E-state index contributed by atoms with van der Waals surface area (Å²) < 4.78 is 48.8. The van der Waals surface area contributed by atoms with Gasteiger partial charge in [-0.3, -0.25) is 14.3 Å². The summed E-state index contributed by atoms with van der Waals surface area (Å²) in [6, 6.07) is 7.03. The number of methoxy groups -OCH3 is 2. The molecule has 14 heteroatoms. The summed E-state index contributed by atoms with van der Waals surface area (Å²) in [6.07, 6.45) is 4.50. The summed E-state index contributed by atoms with van der Waals surface area (Å²) >= 11 is 0. The van der Waals surface area contributed by atoms with Crippen molar-refractivity contribution in [3.05, 3.63) is 66.0 Å². The van der Waals surface area contributed by atoms with Crippen LogP contribution in [0.1, 0.15) is 36.9 Å². The fraction of sp³-hybridized carbons (Fsp3) is 0.370. The Hall–Kier alpha value is -4.14. The molecule has 0 saturated heterocycles. The van der Waals surface area contributed by atoms with Gasteiger partial charge in [0.2, 0.25) is 16.0 Å². The Balaban J connectivity index is 1.83. The average Bonchev–Trinajstić information content (AvgIpc) is 3.35. The molecular formula is C27H33N7O6S. The number of aromatic nitrogens is 6. The first-order valence-corrected chi connectivity index (χ1v) is 14.3. The summed E-state index contributed by atoms with van der Waals surface area (Å²) in [7, 11) is -1.23. The number of hydrogen-bond acceptors (Lipinski definition) is 11. The number of benzene rings is 1. The molecule has 0 amide bonds. The number of anilines is 1. The zero-order chi connectivity index (χ0) is 29.7.